The van der Waals surface area contributed by atoms with Crippen LogP contribution < -0.4 is 5.32 Å². The first-order valence-corrected chi connectivity index (χ1v) is 12.8. The van der Waals surface area contributed by atoms with E-state index < -0.39 is 0 Å². The molecule has 6 nitrogen and oxygen atoms in total. The third kappa shape index (κ3) is 4.88. The van der Waals surface area contributed by atoms with E-state index in [1.54, 1.807) is 0 Å². The summed E-state index contributed by atoms with van der Waals surface area (Å²) in [5.74, 6) is 0.475. The molecular formula is C28H36N4O2. The summed E-state index contributed by atoms with van der Waals surface area (Å²) in [4.78, 5) is 35.5. The van der Waals surface area contributed by atoms with Crippen molar-refractivity contribution in [3.63, 3.8) is 0 Å². The first kappa shape index (κ1) is 23.0. The van der Waals surface area contributed by atoms with E-state index in [1.807, 2.05) is 24.4 Å². The quantitative estimate of drug-likeness (QED) is 0.741. The van der Waals surface area contributed by atoms with Crippen molar-refractivity contribution in [3.05, 3.63) is 66.0 Å². The molecule has 1 N–H and O–H groups in total. The van der Waals surface area contributed by atoms with E-state index in [2.05, 4.69) is 57.4 Å². The number of amides is 2. The number of hydrogen-bond donors (Lipinski definition) is 1. The lowest BCUT2D eigenvalue weighted by molar-refractivity contribution is -0.141. The lowest BCUT2D eigenvalue weighted by Gasteiger charge is -2.39. The van der Waals surface area contributed by atoms with E-state index in [-0.39, 0.29) is 29.4 Å². The van der Waals surface area contributed by atoms with Gasteiger partial charge in [0.2, 0.25) is 11.8 Å². The summed E-state index contributed by atoms with van der Waals surface area (Å²) in [7, 11) is 0. The second-order valence-corrected chi connectivity index (χ2v) is 10.5. The Bertz CT molecular complexity index is 990. The van der Waals surface area contributed by atoms with Crippen LogP contribution in [0.15, 0.2) is 54.7 Å². The van der Waals surface area contributed by atoms with Gasteiger partial charge in [-0.3, -0.25) is 19.5 Å². The summed E-state index contributed by atoms with van der Waals surface area (Å²) < 4.78 is 0. The van der Waals surface area contributed by atoms with Gasteiger partial charge >= 0.3 is 0 Å². The molecule has 3 atom stereocenters. The number of pyridine rings is 1. The molecule has 6 heteroatoms. The predicted octanol–water partition coefficient (Wildman–Crippen LogP) is 3.56. The first-order valence-electron chi connectivity index (χ1n) is 12.8. The summed E-state index contributed by atoms with van der Waals surface area (Å²) in [6.45, 7) is 4.84. The van der Waals surface area contributed by atoms with Gasteiger partial charge in [-0.2, -0.15) is 0 Å². The molecule has 0 radical (unpaired) electrons. The Kier molecular flexibility index (Phi) is 6.68. The van der Waals surface area contributed by atoms with Gasteiger partial charge in [0.1, 0.15) is 0 Å². The van der Waals surface area contributed by atoms with Crippen LogP contribution in [0.5, 0.6) is 0 Å². The molecule has 2 amide bonds. The van der Waals surface area contributed by atoms with Crippen LogP contribution in [0.4, 0.5) is 0 Å². The van der Waals surface area contributed by atoms with Crippen LogP contribution in [0, 0.1) is 5.92 Å². The Morgan fingerprint density at radius 3 is 2.59 bits per heavy atom. The third-order valence-corrected chi connectivity index (χ3v) is 8.05. The lowest BCUT2D eigenvalue weighted by atomic mass is 9.88. The zero-order valence-electron chi connectivity index (χ0n) is 20.2. The molecule has 34 heavy (non-hydrogen) atoms. The topological polar surface area (TPSA) is 65.5 Å². The average Bonchev–Trinajstić information content (AvgIpc) is 3.01. The van der Waals surface area contributed by atoms with Crippen LogP contribution in [0.2, 0.25) is 0 Å². The molecular weight excluding hydrogens is 424 g/mol. The number of carbonyl (C=O) groups is 2. The van der Waals surface area contributed by atoms with E-state index in [0.29, 0.717) is 12.3 Å². The zero-order chi connectivity index (χ0) is 23.5. The minimum atomic E-state index is -0.345. The highest BCUT2D eigenvalue weighted by Gasteiger charge is 2.53. The Morgan fingerprint density at radius 1 is 1.09 bits per heavy atom. The molecule has 4 heterocycles. The molecule has 1 aromatic heterocycles. The van der Waals surface area contributed by atoms with E-state index in [4.69, 9.17) is 0 Å². The van der Waals surface area contributed by atoms with Crippen LogP contribution in [0.3, 0.4) is 0 Å². The monoisotopic (exact) mass is 460 g/mol. The van der Waals surface area contributed by atoms with Crippen molar-refractivity contribution in [1.29, 1.82) is 0 Å². The van der Waals surface area contributed by atoms with Crippen molar-refractivity contribution >= 4 is 11.8 Å². The first-order chi connectivity index (χ1) is 16.5. The van der Waals surface area contributed by atoms with Crippen molar-refractivity contribution in [2.24, 2.45) is 5.92 Å². The average molecular weight is 461 g/mol. The summed E-state index contributed by atoms with van der Waals surface area (Å²) in [6.07, 6.45) is 7.57. The summed E-state index contributed by atoms with van der Waals surface area (Å²) in [6, 6.07) is 16.7. The number of hydrogen-bond acceptors (Lipinski definition) is 4. The number of fused-ring (bicyclic) bond motifs is 1. The van der Waals surface area contributed by atoms with E-state index in [9.17, 15) is 9.59 Å². The normalized spacial score (nSPS) is 28.3. The van der Waals surface area contributed by atoms with E-state index >= 15 is 0 Å². The van der Waals surface area contributed by atoms with E-state index in [1.165, 1.54) is 5.56 Å². The molecule has 0 unspecified atom stereocenters. The fourth-order valence-electron chi connectivity index (χ4n) is 6.37. The molecule has 180 valence electrons. The van der Waals surface area contributed by atoms with Gasteiger partial charge in [0.15, 0.2) is 0 Å². The zero-order valence-corrected chi connectivity index (χ0v) is 20.2. The fourth-order valence-corrected chi connectivity index (χ4v) is 6.37. The molecule has 3 fully saturated rings. The lowest BCUT2D eigenvalue weighted by Crippen LogP contribution is -2.55. The molecule has 0 bridgehead atoms. The largest absolute Gasteiger partial charge is 0.349 e. The summed E-state index contributed by atoms with van der Waals surface area (Å²) >= 11 is 0. The number of aromatic nitrogens is 1. The number of rotatable bonds is 5. The fraction of sp³-hybridized carbons (Fsp3) is 0.536. The van der Waals surface area contributed by atoms with Gasteiger partial charge in [0.05, 0.1) is 17.3 Å². The SMILES string of the molecule is C[C@]12C[C@@H](Cc3ccccc3)N(C(=O)C3CCN(Cc4ccccn4)CC3)[C@H]1CCCC(=O)N2. The predicted molar refractivity (Wildman–Crippen MR) is 132 cm³/mol. The summed E-state index contributed by atoms with van der Waals surface area (Å²) in [5.41, 5.74) is 1.99. The van der Waals surface area contributed by atoms with Crippen molar-refractivity contribution in [2.75, 3.05) is 13.1 Å². The van der Waals surface area contributed by atoms with Gasteiger partial charge in [-0.05, 0) is 76.2 Å². The highest BCUT2D eigenvalue weighted by atomic mass is 16.2. The Balaban J connectivity index is 1.31. The molecule has 3 aliphatic rings. The van der Waals surface area contributed by atoms with Crippen LogP contribution >= 0.6 is 0 Å². The summed E-state index contributed by atoms with van der Waals surface area (Å²) in [5, 5.41) is 3.31. The van der Waals surface area contributed by atoms with E-state index in [0.717, 1.165) is 63.9 Å². The highest BCUT2D eigenvalue weighted by molar-refractivity contribution is 5.82. The molecule has 3 aliphatic heterocycles. The molecule has 3 saturated heterocycles. The maximum atomic E-state index is 14.0. The second kappa shape index (κ2) is 9.87. The van der Waals surface area contributed by atoms with Crippen LogP contribution in [0.25, 0.3) is 0 Å². The minimum absolute atomic E-state index is 0.0551. The molecule has 0 spiro atoms. The smallest absolute Gasteiger partial charge is 0.226 e. The minimum Gasteiger partial charge on any atom is -0.349 e. The van der Waals surface area contributed by atoms with Crippen LogP contribution in [0.1, 0.15) is 56.7 Å². The number of nitrogens with zero attached hydrogens (tertiary/aromatic N) is 3. The third-order valence-electron chi connectivity index (χ3n) is 8.05. The van der Waals surface area contributed by atoms with Gasteiger partial charge in [-0.1, -0.05) is 36.4 Å². The van der Waals surface area contributed by atoms with Crippen molar-refractivity contribution in [3.8, 4) is 0 Å². The number of piperidine rings is 1. The Hall–Kier alpha value is -2.73. The Morgan fingerprint density at radius 2 is 1.85 bits per heavy atom. The van der Waals surface area contributed by atoms with Gasteiger partial charge in [0, 0.05) is 31.1 Å². The Labute approximate surface area is 202 Å². The molecule has 2 aromatic rings. The maximum Gasteiger partial charge on any atom is 0.226 e. The van der Waals surface area contributed by atoms with Crippen LogP contribution in [-0.4, -0.2) is 57.3 Å². The maximum absolute atomic E-state index is 14.0. The van der Waals surface area contributed by atoms with Gasteiger partial charge in [-0.15, -0.1) is 0 Å². The van der Waals surface area contributed by atoms with Crippen LogP contribution in [-0.2, 0) is 22.6 Å². The van der Waals surface area contributed by atoms with Crippen molar-refractivity contribution in [1.82, 2.24) is 20.1 Å². The molecule has 5 rings (SSSR count). The number of carbonyl (C=O) groups excluding carboxylic acids is 2. The highest BCUT2D eigenvalue weighted by Crippen LogP contribution is 2.41. The van der Waals surface area contributed by atoms with Gasteiger partial charge in [0.25, 0.3) is 0 Å². The van der Waals surface area contributed by atoms with Gasteiger partial charge in [-0.25, -0.2) is 0 Å². The molecule has 0 aliphatic carbocycles. The van der Waals surface area contributed by atoms with Crippen molar-refractivity contribution < 1.29 is 9.59 Å². The standard InChI is InChI=1S/C28H36N4O2/c1-28-19-24(18-21-8-3-2-4-9-21)32(25(28)11-7-12-26(33)30-28)27(34)22-13-16-31(17-14-22)20-23-10-5-6-15-29-23/h2-6,8-10,15,22,24-25H,7,11-14,16-20H2,1H3,(H,30,33)/t24-,25+,28+/m1/s1. The second-order valence-electron chi connectivity index (χ2n) is 10.5. The van der Waals surface area contributed by atoms with Crippen molar-refractivity contribution in [2.45, 2.75) is 76.0 Å². The molecule has 0 saturated carbocycles. The molecule has 1 aromatic carbocycles. The number of likely N-dealkylation sites (tertiary alicyclic amines) is 2. The number of nitrogens with one attached hydrogen (secondary N) is 1. The number of benzene rings is 1. The van der Waals surface area contributed by atoms with Gasteiger partial charge < -0.3 is 10.2 Å².